The van der Waals surface area contributed by atoms with Crippen molar-refractivity contribution in [2.75, 3.05) is 6.61 Å². The SMILES string of the molecule is CC[C@@H](CO)NC(=O)c1ccc(C)cc1O. The van der Waals surface area contributed by atoms with E-state index in [4.69, 9.17) is 5.11 Å². The molecule has 0 aromatic heterocycles. The largest absolute Gasteiger partial charge is 0.507 e. The van der Waals surface area contributed by atoms with E-state index in [0.717, 1.165) is 5.56 Å². The molecule has 16 heavy (non-hydrogen) atoms. The van der Waals surface area contributed by atoms with E-state index in [-0.39, 0.29) is 29.9 Å². The molecule has 0 spiro atoms. The van der Waals surface area contributed by atoms with Gasteiger partial charge in [0.05, 0.1) is 18.2 Å². The smallest absolute Gasteiger partial charge is 0.255 e. The molecular weight excluding hydrogens is 206 g/mol. The van der Waals surface area contributed by atoms with E-state index in [2.05, 4.69) is 5.32 Å². The van der Waals surface area contributed by atoms with E-state index in [1.165, 1.54) is 6.07 Å². The molecule has 4 heteroatoms. The van der Waals surface area contributed by atoms with E-state index in [1.54, 1.807) is 12.1 Å². The first-order valence-electron chi connectivity index (χ1n) is 5.29. The van der Waals surface area contributed by atoms with Crippen molar-refractivity contribution in [3.05, 3.63) is 29.3 Å². The third kappa shape index (κ3) is 2.97. The van der Waals surface area contributed by atoms with E-state index in [0.29, 0.717) is 6.42 Å². The quantitative estimate of drug-likeness (QED) is 0.718. The van der Waals surface area contributed by atoms with Gasteiger partial charge in [0.25, 0.3) is 5.91 Å². The first-order valence-corrected chi connectivity index (χ1v) is 5.29. The van der Waals surface area contributed by atoms with Crippen LogP contribution < -0.4 is 5.32 Å². The Morgan fingerprint density at radius 1 is 1.50 bits per heavy atom. The first-order chi connectivity index (χ1) is 7.58. The first kappa shape index (κ1) is 12.5. The summed E-state index contributed by atoms with van der Waals surface area (Å²) in [6.45, 7) is 3.61. The molecule has 0 aliphatic rings. The summed E-state index contributed by atoms with van der Waals surface area (Å²) in [5, 5.41) is 21.2. The lowest BCUT2D eigenvalue weighted by Crippen LogP contribution is -2.36. The summed E-state index contributed by atoms with van der Waals surface area (Å²) >= 11 is 0. The van der Waals surface area contributed by atoms with Gasteiger partial charge in [-0.1, -0.05) is 13.0 Å². The number of carbonyl (C=O) groups is 1. The third-order valence-electron chi connectivity index (χ3n) is 2.45. The number of nitrogens with one attached hydrogen (secondary N) is 1. The van der Waals surface area contributed by atoms with Gasteiger partial charge in [-0.25, -0.2) is 0 Å². The monoisotopic (exact) mass is 223 g/mol. The Bertz CT molecular complexity index is 373. The fourth-order valence-corrected chi connectivity index (χ4v) is 1.37. The molecule has 0 radical (unpaired) electrons. The van der Waals surface area contributed by atoms with Crippen molar-refractivity contribution in [3.63, 3.8) is 0 Å². The predicted molar refractivity (Wildman–Crippen MR) is 61.5 cm³/mol. The van der Waals surface area contributed by atoms with Crippen LogP contribution in [-0.4, -0.2) is 28.8 Å². The van der Waals surface area contributed by atoms with Crippen LogP contribution in [0.1, 0.15) is 29.3 Å². The average molecular weight is 223 g/mol. The molecule has 1 aromatic rings. The summed E-state index contributed by atoms with van der Waals surface area (Å²) in [5.74, 6) is -0.399. The van der Waals surface area contributed by atoms with Gasteiger partial charge in [-0.05, 0) is 31.0 Å². The highest BCUT2D eigenvalue weighted by Gasteiger charge is 2.14. The number of carbonyl (C=O) groups excluding carboxylic acids is 1. The number of aromatic hydroxyl groups is 1. The lowest BCUT2D eigenvalue weighted by Gasteiger charge is -2.14. The zero-order chi connectivity index (χ0) is 12.1. The summed E-state index contributed by atoms with van der Waals surface area (Å²) < 4.78 is 0. The molecule has 0 aliphatic heterocycles. The van der Waals surface area contributed by atoms with Crippen LogP contribution in [0, 0.1) is 6.92 Å². The number of aliphatic hydroxyl groups is 1. The number of rotatable bonds is 4. The average Bonchev–Trinajstić information content (AvgIpc) is 2.25. The van der Waals surface area contributed by atoms with E-state index < -0.39 is 0 Å². The van der Waals surface area contributed by atoms with Crippen molar-refractivity contribution in [1.82, 2.24) is 5.32 Å². The minimum Gasteiger partial charge on any atom is -0.507 e. The van der Waals surface area contributed by atoms with Gasteiger partial charge in [-0.2, -0.15) is 0 Å². The van der Waals surface area contributed by atoms with Gasteiger partial charge < -0.3 is 15.5 Å². The van der Waals surface area contributed by atoms with Crippen molar-refractivity contribution in [2.24, 2.45) is 0 Å². The molecule has 1 atom stereocenters. The van der Waals surface area contributed by atoms with E-state index in [9.17, 15) is 9.90 Å². The summed E-state index contributed by atoms with van der Waals surface area (Å²) in [7, 11) is 0. The number of phenolic OH excluding ortho intramolecular Hbond substituents is 1. The number of aryl methyl sites for hydroxylation is 1. The van der Waals surface area contributed by atoms with Gasteiger partial charge in [0, 0.05) is 0 Å². The van der Waals surface area contributed by atoms with Crippen molar-refractivity contribution in [2.45, 2.75) is 26.3 Å². The minimum atomic E-state index is -0.363. The number of aliphatic hydroxyl groups excluding tert-OH is 1. The Hall–Kier alpha value is -1.55. The summed E-state index contributed by atoms with van der Waals surface area (Å²) in [6.07, 6.45) is 0.648. The highest BCUT2D eigenvalue weighted by molar-refractivity contribution is 5.97. The van der Waals surface area contributed by atoms with Crippen LogP contribution in [-0.2, 0) is 0 Å². The number of hydrogen-bond donors (Lipinski definition) is 3. The predicted octanol–water partition coefficient (Wildman–Crippen LogP) is 1.20. The van der Waals surface area contributed by atoms with Crippen molar-refractivity contribution < 1.29 is 15.0 Å². The Balaban J connectivity index is 2.80. The molecule has 0 aliphatic carbocycles. The lowest BCUT2D eigenvalue weighted by atomic mass is 10.1. The Labute approximate surface area is 94.9 Å². The van der Waals surface area contributed by atoms with Crippen LogP contribution >= 0.6 is 0 Å². The third-order valence-corrected chi connectivity index (χ3v) is 2.45. The topological polar surface area (TPSA) is 69.6 Å². The number of amides is 1. The van der Waals surface area contributed by atoms with Crippen LogP contribution in [0.4, 0.5) is 0 Å². The fourth-order valence-electron chi connectivity index (χ4n) is 1.37. The molecule has 88 valence electrons. The van der Waals surface area contributed by atoms with Crippen molar-refractivity contribution >= 4 is 5.91 Å². The zero-order valence-electron chi connectivity index (χ0n) is 9.53. The van der Waals surface area contributed by atoms with Crippen LogP contribution in [0.2, 0.25) is 0 Å². The van der Waals surface area contributed by atoms with Gasteiger partial charge >= 0.3 is 0 Å². The molecule has 0 saturated carbocycles. The molecule has 0 bridgehead atoms. The number of hydrogen-bond acceptors (Lipinski definition) is 3. The van der Waals surface area contributed by atoms with Gasteiger partial charge in [0.1, 0.15) is 5.75 Å². The molecule has 1 amide bonds. The molecular formula is C12H17NO3. The van der Waals surface area contributed by atoms with Gasteiger partial charge in [0.15, 0.2) is 0 Å². The second-order valence-electron chi connectivity index (χ2n) is 3.78. The van der Waals surface area contributed by atoms with Crippen molar-refractivity contribution in [1.29, 1.82) is 0 Å². The zero-order valence-corrected chi connectivity index (χ0v) is 9.53. The maximum Gasteiger partial charge on any atom is 0.255 e. The van der Waals surface area contributed by atoms with E-state index >= 15 is 0 Å². The second kappa shape index (κ2) is 5.51. The van der Waals surface area contributed by atoms with Crippen molar-refractivity contribution in [3.8, 4) is 5.75 Å². The maximum absolute atomic E-state index is 11.7. The van der Waals surface area contributed by atoms with E-state index in [1.807, 2.05) is 13.8 Å². The van der Waals surface area contributed by atoms with Gasteiger partial charge in [-0.15, -0.1) is 0 Å². The fraction of sp³-hybridized carbons (Fsp3) is 0.417. The summed E-state index contributed by atoms with van der Waals surface area (Å²) in [6, 6.07) is 4.60. The lowest BCUT2D eigenvalue weighted by molar-refractivity contribution is 0.0912. The number of phenols is 1. The molecule has 1 aromatic carbocycles. The Morgan fingerprint density at radius 2 is 2.19 bits per heavy atom. The molecule has 4 nitrogen and oxygen atoms in total. The van der Waals surface area contributed by atoms with Crippen LogP contribution in [0.15, 0.2) is 18.2 Å². The molecule has 0 heterocycles. The molecule has 0 unspecified atom stereocenters. The Kier molecular flexibility index (Phi) is 4.31. The molecule has 3 N–H and O–H groups in total. The Morgan fingerprint density at radius 3 is 2.69 bits per heavy atom. The molecule has 1 rings (SSSR count). The summed E-state index contributed by atoms with van der Waals surface area (Å²) in [4.78, 5) is 11.7. The van der Waals surface area contributed by atoms with Crippen LogP contribution in [0.25, 0.3) is 0 Å². The maximum atomic E-state index is 11.7. The van der Waals surface area contributed by atoms with Gasteiger partial charge in [-0.3, -0.25) is 4.79 Å². The molecule has 0 fully saturated rings. The normalized spacial score (nSPS) is 12.2. The van der Waals surface area contributed by atoms with Crippen LogP contribution in [0.5, 0.6) is 5.75 Å². The van der Waals surface area contributed by atoms with Crippen LogP contribution in [0.3, 0.4) is 0 Å². The second-order valence-corrected chi connectivity index (χ2v) is 3.78. The standard InChI is InChI=1S/C12H17NO3/c1-3-9(7-14)13-12(16)10-5-4-8(2)6-11(10)15/h4-6,9,14-15H,3,7H2,1-2H3,(H,13,16)/t9-/m0/s1. The van der Waals surface area contributed by atoms with Gasteiger partial charge in [0.2, 0.25) is 0 Å². The number of benzene rings is 1. The molecule has 0 saturated heterocycles. The highest BCUT2D eigenvalue weighted by Crippen LogP contribution is 2.18. The highest BCUT2D eigenvalue weighted by atomic mass is 16.3. The minimum absolute atomic E-state index is 0.0368. The summed E-state index contributed by atoms with van der Waals surface area (Å²) in [5.41, 5.74) is 1.13.